The molecule has 100 valence electrons. The van der Waals surface area contributed by atoms with Gasteiger partial charge >= 0.3 is 0 Å². The van der Waals surface area contributed by atoms with E-state index < -0.39 is 11.9 Å². The summed E-state index contributed by atoms with van der Waals surface area (Å²) in [7, 11) is 0. The molecule has 0 spiro atoms. The number of aliphatic hydroxyl groups excluding tert-OH is 1. The molecule has 1 aromatic carbocycles. The Labute approximate surface area is 108 Å². The van der Waals surface area contributed by atoms with E-state index in [4.69, 9.17) is 4.74 Å². The molecule has 1 unspecified atom stereocenters. The minimum Gasteiger partial charge on any atom is -0.493 e. The normalized spacial score (nSPS) is 18.6. The second-order valence-corrected chi connectivity index (χ2v) is 5.17. The molecule has 0 radical (unpaired) electrons. The lowest BCUT2D eigenvalue weighted by atomic mass is 9.90. The average Bonchev–Trinajstić information content (AvgIpc) is 2.37. The molecule has 1 aromatic rings. The topological polar surface area (TPSA) is 29.5 Å². The molecule has 0 heterocycles. The Hall–Kier alpha value is -1.09. The van der Waals surface area contributed by atoms with Gasteiger partial charge in [-0.1, -0.05) is 19.3 Å². The van der Waals surface area contributed by atoms with Crippen molar-refractivity contribution in [1.82, 2.24) is 0 Å². The number of hydrogen-bond donors (Lipinski definition) is 1. The first-order valence-corrected chi connectivity index (χ1v) is 6.77. The van der Waals surface area contributed by atoms with E-state index in [0.717, 1.165) is 0 Å². The van der Waals surface area contributed by atoms with Gasteiger partial charge in [0.15, 0.2) is 0 Å². The van der Waals surface area contributed by atoms with E-state index in [9.17, 15) is 9.50 Å². The highest BCUT2D eigenvalue weighted by Crippen LogP contribution is 2.26. The second kappa shape index (κ2) is 6.19. The Balaban J connectivity index is 1.91. The van der Waals surface area contributed by atoms with Crippen LogP contribution in [-0.4, -0.2) is 11.7 Å². The van der Waals surface area contributed by atoms with Crippen molar-refractivity contribution >= 4 is 0 Å². The minimum absolute atomic E-state index is 0.319. The van der Waals surface area contributed by atoms with Crippen LogP contribution in [0.25, 0.3) is 0 Å². The molecule has 0 bridgehead atoms. The Morgan fingerprint density at radius 2 is 2.06 bits per heavy atom. The SMILES string of the molecule is CC(O)c1ccc(OCC2CCCCC2)cc1F. The van der Waals surface area contributed by atoms with E-state index in [1.807, 2.05) is 0 Å². The minimum atomic E-state index is -0.780. The molecule has 0 saturated heterocycles. The van der Waals surface area contributed by atoms with Crippen LogP contribution in [0.3, 0.4) is 0 Å². The van der Waals surface area contributed by atoms with Crippen LogP contribution in [0.2, 0.25) is 0 Å². The molecule has 1 fully saturated rings. The molecule has 3 heteroatoms. The van der Waals surface area contributed by atoms with Gasteiger partial charge in [-0.3, -0.25) is 0 Å². The Morgan fingerprint density at radius 1 is 1.33 bits per heavy atom. The van der Waals surface area contributed by atoms with Crippen LogP contribution in [0.15, 0.2) is 18.2 Å². The summed E-state index contributed by atoms with van der Waals surface area (Å²) in [5, 5.41) is 9.35. The predicted molar refractivity (Wildman–Crippen MR) is 69.1 cm³/mol. The number of rotatable bonds is 4. The summed E-state index contributed by atoms with van der Waals surface area (Å²) in [4.78, 5) is 0. The maximum absolute atomic E-state index is 13.6. The maximum Gasteiger partial charge on any atom is 0.132 e. The first-order valence-electron chi connectivity index (χ1n) is 6.77. The van der Waals surface area contributed by atoms with Crippen molar-refractivity contribution in [3.8, 4) is 5.75 Å². The molecular formula is C15H21FO2. The third kappa shape index (κ3) is 3.45. The summed E-state index contributed by atoms with van der Waals surface area (Å²) in [6, 6.07) is 4.69. The van der Waals surface area contributed by atoms with E-state index in [1.54, 1.807) is 19.1 Å². The molecule has 2 nitrogen and oxygen atoms in total. The molecule has 1 atom stereocenters. The highest BCUT2D eigenvalue weighted by Gasteiger charge is 2.15. The van der Waals surface area contributed by atoms with E-state index in [1.165, 1.54) is 38.2 Å². The number of halogens is 1. The van der Waals surface area contributed by atoms with Gasteiger partial charge in [-0.15, -0.1) is 0 Å². The summed E-state index contributed by atoms with van der Waals surface area (Å²) in [6.07, 6.45) is 5.54. The predicted octanol–water partition coefficient (Wildman–Crippen LogP) is 3.84. The van der Waals surface area contributed by atoms with Crippen LogP contribution in [-0.2, 0) is 0 Å². The van der Waals surface area contributed by atoms with Gasteiger partial charge in [-0.2, -0.15) is 0 Å². The lowest BCUT2D eigenvalue weighted by Gasteiger charge is -2.21. The van der Waals surface area contributed by atoms with E-state index in [0.29, 0.717) is 23.8 Å². The smallest absolute Gasteiger partial charge is 0.132 e. The summed E-state index contributed by atoms with van der Waals surface area (Å²) in [5.41, 5.74) is 0.319. The molecule has 0 amide bonds. The van der Waals surface area contributed by atoms with Crippen molar-refractivity contribution in [3.05, 3.63) is 29.6 Å². The van der Waals surface area contributed by atoms with Crippen LogP contribution in [0.4, 0.5) is 4.39 Å². The van der Waals surface area contributed by atoms with Crippen molar-refractivity contribution in [1.29, 1.82) is 0 Å². The standard InChI is InChI=1S/C15H21FO2/c1-11(17)14-8-7-13(9-15(14)16)18-10-12-5-3-2-4-6-12/h7-9,11-12,17H,2-6,10H2,1H3. The maximum atomic E-state index is 13.6. The number of ether oxygens (including phenoxy) is 1. The summed E-state index contributed by atoms with van der Waals surface area (Å²) in [6.45, 7) is 2.23. The third-order valence-corrected chi connectivity index (χ3v) is 3.63. The van der Waals surface area contributed by atoms with Crippen LogP contribution in [0.1, 0.15) is 50.7 Å². The Bertz CT molecular complexity index is 384. The molecule has 1 saturated carbocycles. The quantitative estimate of drug-likeness (QED) is 0.882. The van der Waals surface area contributed by atoms with Crippen molar-refractivity contribution < 1.29 is 14.2 Å². The molecule has 18 heavy (non-hydrogen) atoms. The monoisotopic (exact) mass is 252 g/mol. The molecule has 0 aromatic heterocycles. The van der Waals surface area contributed by atoms with E-state index in [-0.39, 0.29) is 0 Å². The third-order valence-electron chi connectivity index (χ3n) is 3.63. The summed E-state index contributed by atoms with van der Waals surface area (Å²) in [5.74, 6) is 0.770. The molecule has 1 aliphatic rings. The van der Waals surface area contributed by atoms with Gasteiger partial charge in [0.2, 0.25) is 0 Å². The van der Waals surface area contributed by atoms with Crippen molar-refractivity contribution in [2.24, 2.45) is 5.92 Å². The van der Waals surface area contributed by atoms with Crippen LogP contribution < -0.4 is 4.74 Å². The van der Waals surface area contributed by atoms with Crippen molar-refractivity contribution in [2.75, 3.05) is 6.61 Å². The van der Waals surface area contributed by atoms with Gasteiger partial charge in [-0.25, -0.2) is 4.39 Å². The van der Waals surface area contributed by atoms with Crippen molar-refractivity contribution in [2.45, 2.75) is 45.1 Å². The van der Waals surface area contributed by atoms with Gasteiger partial charge in [-0.05, 0) is 37.8 Å². The lowest BCUT2D eigenvalue weighted by Crippen LogP contribution is -2.15. The number of benzene rings is 1. The zero-order chi connectivity index (χ0) is 13.0. The van der Waals surface area contributed by atoms with Crippen LogP contribution in [0.5, 0.6) is 5.75 Å². The average molecular weight is 252 g/mol. The first kappa shape index (κ1) is 13.3. The summed E-state index contributed by atoms with van der Waals surface area (Å²) < 4.78 is 19.3. The van der Waals surface area contributed by atoms with Crippen LogP contribution in [0, 0.1) is 11.7 Å². The van der Waals surface area contributed by atoms with Gasteiger partial charge in [0.25, 0.3) is 0 Å². The lowest BCUT2D eigenvalue weighted by molar-refractivity contribution is 0.192. The fourth-order valence-electron chi connectivity index (χ4n) is 2.50. The summed E-state index contributed by atoms with van der Waals surface area (Å²) >= 11 is 0. The van der Waals surface area contributed by atoms with Crippen molar-refractivity contribution in [3.63, 3.8) is 0 Å². The highest BCUT2D eigenvalue weighted by molar-refractivity contribution is 5.30. The highest BCUT2D eigenvalue weighted by atomic mass is 19.1. The zero-order valence-corrected chi connectivity index (χ0v) is 10.9. The second-order valence-electron chi connectivity index (χ2n) is 5.17. The van der Waals surface area contributed by atoms with Gasteiger partial charge < -0.3 is 9.84 Å². The molecule has 1 aliphatic carbocycles. The van der Waals surface area contributed by atoms with Crippen LogP contribution >= 0.6 is 0 Å². The fourth-order valence-corrected chi connectivity index (χ4v) is 2.50. The molecule has 0 aliphatic heterocycles. The number of aliphatic hydroxyl groups is 1. The molecule has 2 rings (SSSR count). The molecule has 1 N–H and O–H groups in total. The van der Waals surface area contributed by atoms with Gasteiger partial charge in [0.1, 0.15) is 11.6 Å². The Morgan fingerprint density at radius 3 is 2.67 bits per heavy atom. The largest absolute Gasteiger partial charge is 0.493 e. The first-order chi connectivity index (χ1) is 8.66. The van der Waals surface area contributed by atoms with Gasteiger partial charge in [0.05, 0.1) is 12.7 Å². The Kier molecular flexibility index (Phi) is 4.59. The van der Waals surface area contributed by atoms with E-state index >= 15 is 0 Å². The number of hydrogen-bond acceptors (Lipinski definition) is 2. The fraction of sp³-hybridized carbons (Fsp3) is 0.600. The van der Waals surface area contributed by atoms with Gasteiger partial charge in [0, 0.05) is 11.6 Å². The van der Waals surface area contributed by atoms with E-state index in [2.05, 4.69) is 0 Å². The molecular weight excluding hydrogens is 231 g/mol. The zero-order valence-electron chi connectivity index (χ0n) is 10.9.